The van der Waals surface area contributed by atoms with Gasteiger partial charge >= 0.3 is 26.8 Å². The molecule has 2 aromatic heterocycles. The number of hydrogen-bond donors (Lipinski definition) is 8. The van der Waals surface area contributed by atoms with Crippen LogP contribution in [-0.4, -0.2) is 98.7 Å². The molecule has 0 aromatic carbocycles. The first kappa shape index (κ1) is 30.4. The Kier molecular flexibility index (Phi) is 8.63. The zero-order valence-corrected chi connectivity index (χ0v) is 21.7. The number of phosphoric ester groups is 1. The molecule has 0 saturated carbocycles. The van der Waals surface area contributed by atoms with Gasteiger partial charge < -0.3 is 39.7 Å². The number of nitrogens with one attached hydrogen (secondary N) is 2. The second-order valence-corrected chi connectivity index (χ2v) is 12.3. The summed E-state index contributed by atoms with van der Waals surface area (Å²) in [4.78, 5) is 70.3. The molecule has 2 unspecified atom stereocenters. The summed E-state index contributed by atoms with van der Waals surface area (Å²) < 4.78 is 45.8. The van der Waals surface area contributed by atoms with E-state index < -0.39 is 99.8 Å². The van der Waals surface area contributed by atoms with Gasteiger partial charge in [-0.2, -0.15) is 0 Å². The summed E-state index contributed by atoms with van der Waals surface area (Å²) in [7, 11) is -10.5. The lowest BCUT2D eigenvalue weighted by Gasteiger charge is -2.21. The summed E-state index contributed by atoms with van der Waals surface area (Å²) in [6, 6.07) is 1.86. The van der Waals surface area contributed by atoms with Crippen LogP contribution in [0.25, 0.3) is 0 Å². The molecule has 2 saturated heterocycles. The highest BCUT2D eigenvalue weighted by Gasteiger charge is 2.49. The Hall–Kier alpha value is -2.58. The largest absolute Gasteiger partial charge is 0.479 e. The van der Waals surface area contributed by atoms with Gasteiger partial charge in [-0.15, -0.1) is 0 Å². The zero-order valence-electron chi connectivity index (χ0n) is 19.9. The third kappa shape index (κ3) is 6.49. The number of nitrogens with zero attached hydrogens (tertiary/aromatic N) is 2. The van der Waals surface area contributed by atoms with Gasteiger partial charge in [-0.05, 0) is 0 Å². The average molecular weight is 614 g/mol. The van der Waals surface area contributed by atoms with E-state index in [1.165, 1.54) is 0 Å². The summed E-state index contributed by atoms with van der Waals surface area (Å²) in [5, 5.41) is 40.8. The van der Waals surface area contributed by atoms with E-state index in [4.69, 9.17) is 9.47 Å². The fraction of sp³-hybridized carbons (Fsp3) is 0.556. The number of ether oxygens (including phenoxy) is 2. The quantitative estimate of drug-likeness (QED) is 0.124. The molecule has 0 radical (unpaired) electrons. The Bertz CT molecular complexity index is 1570. The van der Waals surface area contributed by atoms with E-state index in [-0.39, 0.29) is 0 Å². The van der Waals surface area contributed by atoms with Crippen LogP contribution in [0, 0.1) is 0 Å². The highest BCUT2D eigenvalue weighted by atomic mass is 31.3. The van der Waals surface area contributed by atoms with Gasteiger partial charge in [0, 0.05) is 24.5 Å². The van der Waals surface area contributed by atoms with E-state index in [9.17, 15) is 58.5 Å². The molecule has 0 aliphatic carbocycles. The lowest BCUT2D eigenvalue weighted by molar-refractivity contribution is -0.0541. The van der Waals surface area contributed by atoms with Crippen LogP contribution in [0.3, 0.4) is 0 Å². The summed E-state index contributed by atoms with van der Waals surface area (Å²) in [5.74, 6) is 0. The smallest absolute Gasteiger partial charge is 0.387 e. The predicted molar refractivity (Wildman–Crippen MR) is 126 cm³/mol. The molecule has 0 bridgehead atoms. The molecule has 2 aromatic rings. The van der Waals surface area contributed by atoms with Gasteiger partial charge in [-0.3, -0.25) is 37.8 Å². The maximum atomic E-state index is 12.6. The van der Waals surface area contributed by atoms with Crippen molar-refractivity contribution in [1.29, 1.82) is 0 Å². The Labute approximate surface area is 220 Å². The first-order valence-electron chi connectivity index (χ1n) is 11.3. The first-order chi connectivity index (χ1) is 18.6. The molecular weight excluding hydrogens is 590 g/mol. The van der Waals surface area contributed by atoms with Gasteiger partial charge in [0.25, 0.3) is 11.1 Å². The SMILES string of the molecule is O=c1ccn([C@@H]2O[C@H](COP(=O)(O)OP(=O)(O)C[C@H]3O[C@@H](n4ccc(=O)[nH]c4=O)[C@H](O)[C@@H]3O)[C@@H](O)[C@H]2O)c(=O)[nH]1. The van der Waals surface area contributed by atoms with Gasteiger partial charge in [-0.1, -0.05) is 0 Å². The Balaban J connectivity index is 1.37. The van der Waals surface area contributed by atoms with Crippen LogP contribution in [-0.2, 0) is 27.4 Å². The Morgan fingerprint density at radius 3 is 1.70 bits per heavy atom. The van der Waals surface area contributed by atoms with E-state index in [1.54, 1.807) is 0 Å². The number of aliphatic hydroxyl groups is 4. The van der Waals surface area contributed by atoms with Crippen LogP contribution in [0.5, 0.6) is 0 Å². The molecule has 22 heteroatoms. The van der Waals surface area contributed by atoms with Crippen molar-refractivity contribution in [2.75, 3.05) is 12.8 Å². The first-order valence-corrected chi connectivity index (χ1v) is 14.5. The van der Waals surface area contributed by atoms with Crippen molar-refractivity contribution in [3.63, 3.8) is 0 Å². The van der Waals surface area contributed by atoms with E-state index in [0.29, 0.717) is 4.57 Å². The molecule has 10 atom stereocenters. The van der Waals surface area contributed by atoms with Gasteiger partial charge in [0.05, 0.1) is 12.8 Å². The highest BCUT2D eigenvalue weighted by molar-refractivity contribution is 7.64. The minimum absolute atomic E-state index is 0.703. The van der Waals surface area contributed by atoms with E-state index in [0.717, 1.165) is 29.1 Å². The average Bonchev–Trinajstić information content (AvgIpc) is 3.27. The van der Waals surface area contributed by atoms with E-state index >= 15 is 0 Å². The van der Waals surface area contributed by atoms with E-state index in [1.807, 2.05) is 9.97 Å². The third-order valence-corrected chi connectivity index (χ3v) is 9.11. The molecule has 2 aliphatic rings. The van der Waals surface area contributed by atoms with Crippen molar-refractivity contribution in [1.82, 2.24) is 19.1 Å². The van der Waals surface area contributed by atoms with Crippen molar-refractivity contribution in [2.45, 2.75) is 49.1 Å². The molecule has 2 fully saturated rings. The van der Waals surface area contributed by atoms with Crippen molar-refractivity contribution >= 4 is 15.4 Å². The number of aromatic amines is 2. The van der Waals surface area contributed by atoms with E-state index in [2.05, 4.69) is 8.83 Å². The lowest BCUT2D eigenvalue weighted by atomic mass is 10.1. The van der Waals surface area contributed by atoms with Gasteiger partial charge in [-0.25, -0.2) is 18.5 Å². The third-order valence-electron chi connectivity index (χ3n) is 5.97. The number of aromatic nitrogens is 4. The van der Waals surface area contributed by atoms with Crippen molar-refractivity contribution in [2.24, 2.45) is 0 Å². The predicted octanol–water partition coefficient (Wildman–Crippen LogP) is -4.36. The number of hydrogen-bond acceptors (Lipinski definition) is 14. The molecule has 2 aliphatic heterocycles. The minimum atomic E-state index is -5.40. The standard InChI is InChI=1S/C18H24N4O16P2/c23-9-1-3-21(17(29)19-9)15-13(27)11(25)7(36-15)5-35-40(33,34)38-39(31,32)6-8-12(26)14(28)16(37-8)22-4-2-10(24)20-18(22)30/h1-4,7-8,11-16,25-28H,5-6H2,(H,31,32)(H,33,34)(H,19,23,29)(H,20,24,30)/t7-,8-,11-,12-,13-,14-,15-,16-/m1/s1. The van der Waals surface area contributed by atoms with Crippen molar-refractivity contribution in [3.8, 4) is 0 Å². The van der Waals surface area contributed by atoms with Crippen molar-refractivity contribution in [3.05, 3.63) is 66.2 Å². The van der Waals surface area contributed by atoms with Gasteiger partial charge in [0.15, 0.2) is 12.5 Å². The molecule has 20 nitrogen and oxygen atoms in total. The maximum absolute atomic E-state index is 12.6. The highest BCUT2D eigenvalue weighted by Crippen LogP contribution is 2.61. The number of H-pyrrole nitrogens is 2. The molecule has 8 N–H and O–H groups in total. The fourth-order valence-electron chi connectivity index (χ4n) is 4.08. The second kappa shape index (κ2) is 11.4. The Morgan fingerprint density at radius 2 is 1.23 bits per heavy atom. The summed E-state index contributed by atoms with van der Waals surface area (Å²) >= 11 is 0. The summed E-state index contributed by atoms with van der Waals surface area (Å²) in [5.41, 5.74) is -3.51. The fourth-order valence-corrected chi connectivity index (χ4v) is 6.91. The molecule has 4 heterocycles. The number of aliphatic hydroxyl groups excluding tert-OH is 4. The monoisotopic (exact) mass is 614 g/mol. The van der Waals surface area contributed by atoms with Gasteiger partial charge in [0.1, 0.15) is 36.6 Å². The lowest BCUT2D eigenvalue weighted by Crippen LogP contribution is -2.37. The van der Waals surface area contributed by atoms with Crippen LogP contribution in [0.1, 0.15) is 12.5 Å². The van der Waals surface area contributed by atoms with Crippen LogP contribution in [0.2, 0.25) is 0 Å². The molecule has 0 spiro atoms. The van der Waals surface area contributed by atoms with Crippen LogP contribution in [0.4, 0.5) is 0 Å². The molecule has 40 heavy (non-hydrogen) atoms. The van der Waals surface area contributed by atoms with Gasteiger partial charge in [0.2, 0.25) is 0 Å². The zero-order chi connectivity index (χ0) is 29.6. The number of phosphoric acid groups is 1. The minimum Gasteiger partial charge on any atom is -0.387 e. The molecule has 222 valence electrons. The summed E-state index contributed by atoms with van der Waals surface area (Å²) in [6.45, 7) is -0.987. The normalized spacial score (nSPS) is 33.5. The molecular formula is C18H24N4O16P2. The van der Waals surface area contributed by atoms with Crippen molar-refractivity contribution < 1.29 is 57.7 Å². The molecule has 4 rings (SSSR count). The number of rotatable bonds is 9. The van der Waals surface area contributed by atoms with Crippen LogP contribution in [0.15, 0.2) is 43.7 Å². The molecule has 0 amide bonds. The summed E-state index contributed by atoms with van der Waals surface area (Å²) in [6.07, 6.45) is -12.8. The van der Waals surface area contributed by atoms with Crippen LogP contribution >= 0.6 is 15.4 Å². The maximum Gasteiger partial charge on any atom is 0.479 e. The topological polar surface area (TPSA) is 302 Å². The van der Waals surface area contributed by atoms with Crippen LogP contribution < -0.4 is 22.5 Å². The second-order valence-electron chi connectivity index (χ2n) is 8.79. The Morgan fingerprint density at radius 1 is 0.775 bits per heavy atom.